The summed E-state index contributed by atoms with van der Waals surface area (Å²) >= 11 is 0. The molecule has 0 unspecified atom stereocenters. The Morgan fingerprint density at radius 3 is 2.86 bits per heavy atom. The maximum Gasteiger partial charge on any atom is 0.224 e. The summed E-state index contributed by atoms with van der Waals surface area (Å²) < 4.78 is 5.77. The van der Waals surface area contributed by atoms with E-state index in [1.807, 2.05) is 18.2 Å². The Morgan fingerprint density at radius 1 is 1.27 bits per heavy atom. The van der Waals surface area contributed by atoms with E-state index >= 15 is 0 Å². The van der Waals surface area contributed by atoms with E-state index in [1.54, 1.807) is 0 Å². The summed E-state index contributed by atoms with van der Waals surface area (Å²) in [5, 5.41) is 2.93. The number of fused-ring (bicyclic) bond motifs is 1. The van der Waals surface area contributed by atoms with E-state index < -0.39 is 0 Å². The molecule has 1 aromatic heterocycles. The van der Waals surface area contributed by atoms with Crippen LogP contribution in [0.2, 0.25) is 0 Å². The highest BCUT2D eigenvalue weighted by molar-refractivity contribution is 5.92. The first kappa shape index (κ1) is 15.0. The molecule has 2 aromatic rings. The number of anilines is 1. The maximum atomic E-state index is 11.9. The van der Waals surface area contributed by atoms with E-state index in [0.29, 0.717) is 12.3 Å². The average Bonchev–Trinajstić information content (AvgIpc) is 3.27. The Labute approximate surface area is 130 Å². The fraction of sp³-hybridized carbons (Fsp3) is 0.529. The molecule has 0 saturated heterocycles. The molecule has 0 atom stereocenters. The highest BCUT2D eigenvalue weighted by Gasteiger charge is 2.28. The number of nitrogens with one attached hydrogen (secondary N) is 1. The molecule has 0 bridgehead atoms. The highest BCUT2D eigenvalue weighted by atomic mass is 16.3. The van der Waals surface area contributed by atoms with Crippen molar-refractivity contribution in [3.63, 3.8) is 0 Å². The van der Waals surface area contributed by atoms with Crippen molar-refractivity contribution in [3.8, 4) is 0 Å². The molecular weight excluding hydrogens is 278 g/mol. The molecule has 1 aromatic carbocycles. The maximum absolute atomic E-state index is 11.9. The lowest BCUT2D eigenvalue weighted by Gasteiger charge is -2.04. The standard InChI is InChI=1S/C17H23N3O2/c18-10-4-2-1-3-5-16(21)19-13-8-9-14-15(11-13)22-17(20-14)12-6-7-12/h8-9,11-12H,1-7,10,18H2,(H,19,21). The van der Waals surface area contributed by atoms with E-state index in [0.717, 1.165) is 54.9 Å². The van der Waals surface area contributed by atoms with Gasteiger partial charge in [-0.1, -0.05) is 12.8 Å². The van der Waals surface area contributed by atoms with E-state index in [9.17, 15) is 4.79 Å². The zero-order chi connectivity index (χ0) is 15.4. The smallest absolute Gasteiger partial charge is 0.224 e. The SMILES string of the molecule is NCCCCCCC(=O)Nc1ccc2nc(C3CC3)oc2c1. The number of aromatic nitrogens is 1. The lowest BCUT2D eigenvalue weighted by atomic mass is 10.1. The number of amides is 1. The molecule has 1 fully saturated rings. The van der Waals surface area contributed by atoms with Gasteiger partial charge in [-0.05, 0) is 44.4 Å². The summed E-state index contributed by atoms with van der Waals surface area (Å²) in [5.74, 6) is 1.38. The Kier molecular flexibility index (Phi) is 4.73. The number of carbonyl (C=O) groups is 1. The molecule has 1 saturated carbocycles. The van der Waals surface area contributed by atoms with Gasteiger partial charge in [0.05, 0.1) is 0 Å². The number of rotatable bonds is 8. The van der Waals surface area contributed by atoms with Crippen molar-refractivity contribution in [2.24, 2.45) is 5.73 Å². The van der Waals surface area contributed by atoms with Crippen molar-refractivity contribution in [1.29, 1.82) is 0 Å². The molecule has 5 heteroatoms. The molecule has 1 aliphatic rings. The minimum absolute atomic E-state index is 0.0500. The Hall–Kier alpha value is -1.88. The summed E-state index contributed by atoms with van der Waals surface area (Å²) in [7, 11) is 0. The van der Waals surface area contributed by atoms with Gasteiger partial charge in [0.15, 0.2) is 11.5 Å². The predicted octanol–water partition coefficient (Wildman–Crippen LogP) is 3.55. The van der Waals surface area contributed by atoms with E-state index in [4.69, 9.17) is 10.2 Å². The van der Waals surface area contributed by atoms with Crippen LogP contribution in [0.1, 0.15) is 56.8 Å². The van der Waals surface area contributed by atoms with Crippen molar-refractivity contribution in [2.45, 2.75) is 50.9 Å². The lowest BCUT2D eigenvalue weighted by molar-refractivity contribution is -0.116. The van der Waals surface area contributed by atoms with Gasteiger partial charge in [-0.15, -0.1) is 0 Å². The number of hydrogen-bond acceptors (Lipinski definition) is 4. The molecule has 3 rings (SSSR count). The van der Waals surface area contributed by atoms with Crippen LogP contribution in [0.4, 0.5) is 5.69 Å². The largest absolute Gasteiger partial charge is 0.440 e. The summed E-state index contributed by atoms with van der Waals surface area (Å²) in [6.45, 7) is 0.728. The van der Waals surface area contributed by atoms with Crippen molar-refractivity contribution >= 4 is 22.7 Å². The quantitative estimate of drug-likeness (QED) is 0.731. The monoisotopic (exact) mass is 301 g/mol. The average molecular weight is 301 g/mol. The van der Waals surface area contributed by atoms with Crippen LogP contribution in [0.25, 0.3) is 11.1 Å². The number of carbonyl (C=O) groups excluding carboxylic acids is 1. The lowest BCUT2D eigenvalue weighted by Crippen LogP contribution is -2.11. The molecule has 118 valence electrons. The first-order chi connectivity index (χ1) is 10.8. The molecule has 5 nitrogen and oxygen atoms in total. The summed E-state index contributed by atoms with van der Waals surface area (Å²) in [6.07, 6.45) is 6.97. The Bertz CT molecular complexity index is 646. The first-order valence-corrected chi connectivity index (χ1v) is 8.16. The van der Waals surface area contributed by atoms with Crippen LogP contribution in [0.5, 0.6) is 0 Å². The van der Waals surface area contributed by atoms with Gasteiger partial charge in [-0.2, -0.15) is 0 Å². The van der Waals surface area contributed by atoms with Gasteiger partial charge in [0.2, 0.25) is 5.91 Å². The molecular formula is C17H23N3O2. The minimum Gasteiger partial charge on any atom is -0.440 e. The third kappa shape index (κ3) is 3.85. The zero-order valence-electron chi connectivity index (χ0n) is 12.8. The van der Waals surface area contributed by atoms with Crippen LogP contribution in [-0.4, -0.2) is 17.4 Å². The van der Waals surface area contributed by atoms with Gasteiger partial charge >= 0.3 is 0 Å². The third-order valence-electron chi connectivity index (χ3n) is 3.97. The third-order valence-corrected chi connectivity index (χ3v) is 3.97. The van der Waals surface area contributed by atoms with Crippen LogP contribution in [0, 0.1) is 0 Å². The van der Waals surface area contributed by atoms with Crippen LogP contribution in [0.3, 0.4) is 0 Å². The topological polar surface area (TPSA) is 81.2 Å². The van der Waals surface area contributed by atoms with E-state index in [1.165, 1.54) is 12.8 Å². The number of oxazole rings is 1. The first-order valence-electron chi connectivity index (χ1n) is 8.16. The summed E-state index contributed by atoms with van der Waals surface area (Å²) in [4.78, 5) is 16.4. The molecule has 0 radical (unpaired) electrons. The van der Waals surface area contributed by atoms with Crippen molar-refractivity contribution in [1.82, 2.24) is 4.98 Å². The zero-order valence-corrected chi connectivity index (χ0v) is 12.8. The fourth-order valence-corrected chi connectivity index (χ4v) is 2.53. The van der Waals surface area contributed by atoms with E-state index in [-0.39, 0.29) is 5.91 Å². The Morgan fingerprint density at radius 2 is 2.09 bits per heavy atom. The van der Waals surface area contributed by atoms with Gasteiger partial charge in [-0.3, -0.25) is 4.79 Å². The fourth-order valence-electron chi connectivity index (χ4n) is 2.53. The van der Waals surface area contributed by atoms with Crippen molar-refractivity contribution in [3.05, 3.63) is 24.1 Å². The second-order valence-corrected chi connectivity index (χ2v) is 6.01. The van der Waals surface area contributed by atoms with Gasteiger partial charge in [0.1, 0.15) is 5.52 Å². The molecule has 0 spiro atoms. The predicted molar refractivity (Wildman–Crippen MR) is 86.8 cm³/mol. The van der Waals surface area contributed by atoms with Gasteiger partial charge < -0.3 is 15.5 Å². The molecule has 1 heterocycles. The van der Waals surface area contributed by atoms with Crippen LogP contribution >= 0.6 is 0 Å². The molecule has 3 N–H and O–H groups in total. The van der Waals surface area contributed by atoms with Crippen LogP contribution in [0.15, 0.2) is 22.6 Å². The second kappa shape index (κ2) is 6.92. The second-order valence-electron chi connectivity index (χ2n) is 6.01. The molecule has 1 aliphatic carbocycles. The summed E-state index contributed by atoms with van der Waals surface area (Å²) in [6, 6.07) is 5.65. The van der Waals surface area contributed by atoms with Crippen LogP contribution < -0.4 is 11.1 Å². The molecule has 1 amide bonds. The van der Waals surface area contributed by atoms with Crippen molar-refractivity contribution < 1.29 is 9.21 Å². The summed E-state index contributed by atoms with van der Waals surface area (Å²) in [5.41, 5.74) is 7.84. The molecule has 0 aliphatic heterocycles. The van der Waals surface area contributed by atoms with Gasteiger partial charge in [-0.25, -0.2) is 4.98 Å². The van der Waals surface area contributed by atoms with Gasteiger partial charge in [0.25, 0.3) is 0 Å². The molecule has 22 heavy (non-hydrogen) atoms. The number of nitrogens with two attached hydrogens (primary N) is 1. The number of hydrogen-bond donors (Lipinski definition) is 2. The number of benzene rings is 1. The van der Waals surface area contributed by atoms with E-state index in [2.05, 4.69) is 10.3 Å². The Balaban J connectivity index is 1.53. The minimum atomic E-state index is 0.0500. The van der Waals surface area contributed by atoms with Crippen molar-refractivity contribution in [2.75, 3.05) is 11.9 Å². The van der Waals surface area contributed by atoms with Crippen LogP contribution in [-0.2, 0) is 4.79 Å². The number of unbranched alkanes of at least 4 members (excludes halogenated alkanes) is 3. The highest BCUT2D eigenvalue weighted by Crippen LogP contribution is 2.40. The van der Waals surface area contributed by atoms with Gasteiger partial charge in [0, 0.05) is 24.1 Å². The number of nitrogens with zero attached hydrogens (tertiary/aromatic N) is 1. The normalized spacial score (nSPS) is 14.4.